The maximum Gasteiger partial charge on any atom is 0.164 e. The summed E-state index contributed by atoms with van der Waals surface area (Å²) in [5.41, 5.74) is 2.35. The quantitative estimate of drug-likeness (QED) is 0.760. The van der Waals surface area contributed by atoms with Crippen molar-refractivity contribution in [3.05, 3.63) is 48.3 Å². The number of nitrogens with zero attached hydrogens (tertiary/aromatic N) is 2. The van der Waals surface area contributed by atoms with Crippen LogP contribution in [0.4, 0.5) is 0 Å². The highest BCUT2D eigenvalue weighted by molar-refractivity contribution is 5.96. The van der Waals surface area contributed by atoms with Crippen LogP contribution in [0.5, 0.6) is 0 Å². The van der Waals surface area contributed by atoms with Gasteiger partial charge in [-0.2, -0.15) is 0 Å². The Morgan fingerprint density at radius 3 is 2.55 bits per heavy atom. The first kappa shape index (κ1) is 14.9. The van der Waals surface area contributed by atoms with E-state index in [2.05, 4.69) is 16.9 Å². The van der Waals surface area contributed by atoms with E-state index in [9.17, 15) is 4.79 Å². The zero-order chi connectivity index (χ0) is 15.4. The molecular weight excluding hydrogens is 272 g/mol. The predicted molar refractivity (Wildman–Crippen MR) is 87.5 cm³/mol. The van der Waals surface area contributed by atoms with Gasteiger partial charge in [-0.15, -0.1) is 0 Å². The molecule has 22 heavy (non-hydrogen) atoms. The van der Waals surface area contributed by atoms with Gasteiger partial charge in [0.05, 0.1) is 11.4 Å². The molecule has 0 radical (unpaired) electrons. The second-order valence-corrected chi connectivity index (χ2v) is 6.30. The topological polar surface area (TPSA) is 42.9 Å². The molecule has 0 aromatic carbocycles. The van der Waals surface area contributed by atoms with Crippen molar-refractivity contribution in [3.8, 4) is 11.4 Å². The number of Topliss-reactive ketones (excluding diaryl/α,β-unsaturated/α-hetero) is 1. The van der Waals surface area contributed by atoms with Crippen molar-refractivity contribution >= 4 is 5.78 Å². The molecule has 0 spiro atoms. The molecule has 0 aliphatic heterocycles. The zero-order valence-electron chi connectivity index (χ0n) is 13.0. The fourth-order valence-electron chi connectivity index (χ4n) is 3.33. The van der Waals surface area contributed by atoms with Crippen LogP contribution in [0.1, 0.15) is 49.4 Å². The first-order chi connectivity index (χ1) is 10.7. The minimum atomic E-state index is 0.208. The minimum absolute atomic E-state index is 0.208. The van der Waals surface area contributed by atoms with Crippen LogP contribution in [0.2, 0.25) is 0 Å². The van der Waals surface area contributed by atoms with E-state index in [1.54, 1.807) is 12.4 Å². The minimum Gasteiger partial charge on any atom is -0.294 e. The van der Waals surface area contributed by atoms with E-state index in [0.29, 0.717) is 17.9 Å². The normalized spacial score (nSPS) is 16.6. The summed E-state index contributed by atoms with van der Waals surface area (Å²) in [7, 11) is 0. The van der Waals surface area contributed by atoms with Gasteiger partial charge in [0.2, 0.25) is 0 Å². The maximum absolute atomic E-state index is 12.4. The fourth-order valence-corrected chi connectivity index (χ4v) is 3.33. The monoisotopic (exact) mass is 294 g/mol. The first-order valence-electron chi connectivity index (χ1n) is 8.14. The Hall–Kier alpha value is -2.03. The highest BCUT2D eigenvalue weighted by Crippen LogP contribution is 2.33. The molecule has 1 fully saturated rings. The Morgan fingerprint density at radius 1 is 1.14 bits per heavy atom. The Labute approximate surface area is 131 Å². The van der Waals surface area contributed by atoms with Gasteiger partial charge < -0.3 is 0 Å². The molecule has 0 N–H and O–H groups in total. The van der Waals surface area contributed by atoms with E-state index >= 15 is 0 Å². The molecule has 0 amide bonds. The number of rotatable bonds is 5. The number of ketones is 1. The molecule has 1 aliphatic carbocycles. The number of hydrogen-bond donors (Lipinski definition) is 0. The standard InChI is InChI=1S/C19H22N2O/c1-14(15-6-2-3-7-15)12-19(22)16-9-10-18(21-13-16)17-8-4-5-11-20-17/h4-5,8-11,13-15H,2-3,6-7,12H2,1H3/t14-/m1/s1. The number of carbonyl (C=O) groups excluding carboxylic acids is 1. The van der Waals surface area contributed by atoms with Crippen LogP contribution in [-0.4, -0.2) is 15.8 Å². The van der Waals surface area contributed by atoms with Crippen LogP contribution in [0, 0.1) is 11.8 Å². The number of carbonyl (C=O) groups is 1. The third-order valence-electron chi connectivity index (χ3n) is 4.72. The van der Waals surface area contributed by atoms with Crippen LogP contribution >= 0.6 is 0 Å². The highest BCUT2D eigenvalue weighted by Gasteiger charge is 2.23. The van der Waals surface area contributed by atoms with Crippen LogP contribution in [0.3, 0.4) is 0 Å². The Balaban J connectivity index is 1.66. The lowest BCUT2D eigenvalue weighted by atomic mass is 9.87. The number of aromatic nitrogens is 2. The molecule has 3 rings (SSSR count). The van der Waals surface area contributed by atoms with E-state index < -0.39 is 0 Å². The lowest BCUT2D eigenvalue weighted by Crippen LogP contribution is -2.13. The van der Waals surface area contributed by atoms with Crippen LogP contribution < -0.4 is 0 Å². The molecule has 1 atom stereocenters. The molecule has 1 saturated carbocycles. The predicted octanol–water partition coefficient (Wildman–Crippen LogP) is 4.54. The summed E-state index contributed by atoms with van der Waals surface area (Å²) >= 11 is 0. The average molecular weight is 294 g/mol. The largest absolute Gasteiger partial charge is 0.294 e. The molecule has 1 aliphatic rings. The van der Waals surface area contributed by atoms with E-state index in [0.717, 1.165) is 17.3 Å². The summed E-state index contributed by atoms with van der Waals surface area (Å²) in [4.78, 5) is 21.1. The first-order valence-corrected chi connectivity index (χ1v) is 8.14. The van der Waals surface area contributed by atoms with Gasteiger partial charge >= 0.3 is 0 Å². The van der Waals surface area contributed by atoms with Crippen molar-refractivity contribution in [1.82, 2.24) is 9.97 Å². The number of hydrogen-bond acceptors (Lipinski definition) is 3. The summed E-state index contributed by atoms with van der Waals surface area (Å²) in [5, 5.41) is 0. The molecular formula is C19H22N2O. The highest BCUT2D eigenvalue weighted by atomic mass is 16.1. The molecule has 0 bridgehead atoms. The second-order valence-electron chi connectivity index (χ2n) is 6.30. The average Bonchev–Trinajstić information content (AvgIpc) is 3.10. The molecule has 0 unspecified atom stereocenters. The fraction of sp³-hybridized carbons (Fsp3) is 0.421. The zero-order valence-corrected chi connectivity index (χ0v) is 13.0. The SMILES string of the molecule is C[C@H](CC(=O)c1ccc(-c2ccccn2)nc1)C1CCCC1. The van der Waals surface area contributed by atoms with Gasteiger partial charge in [-0.05, 0) is 36.1 Å². The summed E-state index contributed by atoms with van der Waals surface area (Å²) in [5.74, 6) is 1.41. The van der Waals surface area contributed by atoms with Gasteiger partial charge in [0.1, 0.15) is 0 Å². The summed E-state index contributed by atoms with van der Waals surface area (Å²) in [6.45, 7) is 2.21. The third kappa shape index (κ3) is 3.41. The second kappa shape index (κ2) is 6.82. The van der Waals surface area contributed by atoms with Crippen molar-refractivity contribution in [1.29, 1.82) is 0 Å². The third-order valence-corrected chi connectivity index (χ3v) is 4.72. The Morgan fingerprint density at radius 2 is 1.91 bits per heavy atom. The lowest BCUT2D eigenvalue weighted by molar-refractivity contribution is 0.0949. The molecule has 114 valence electrons. The molecule has 0 saturated heterocycles. The Kier molecular flexibility index (Phi) is 4.62. The van der Waals surface area contributed by atoms with Crippen LogP contribution in [-0.2, 0) is 0 Å². The van der Waals surface area contributed by atoms with Crippen LogP contribution in [0.15, 0.2) is 42.7 Å². The molecule has 3 heteroatoms. The smallest absolute Gasteiger partial charge is 0.164 e. The Bertz CT molecular complexity index is 616. The number of pyridine rings is 2. The van der Waals surface area contributed by atoms with E-state index in [-0.39, 0.29) is 5.78 Å². The van der Waals surface area contributed by atoms with Gasteiger partial charge in [0.25, 0.3) is 0 Å². The van der Waals surface area contributed by atoms with Crippen LogP contribution in [0.25, 0.3) is 11.4 Å². The molecule has 3 nitrogen and oxygen atoms in total. The van der Waals surface area contributed by atoms with Crippen molar-refractivity contribution in [2.24, 2.45) is 11.8 Å². The van der Waals surface area contributed by atoms with Gasteiger partial charge in [-0.25, -0.2) is 0 Å². The van der Waals surface area contributed by atoms with E-state index in [1.807, 2.05) is 30.3 Å². The van der Waals surface area contributed by atoms with Crippen molar-refractivity contribution in [3.63, 3.8) is 0 Å². The van der Waals surface area contributed by atoms with E-state index in [1.165, 1.54) is 25.7 Å². The van der Waals surface area contributed by atoms with Gasteiger partial charge in [0, 0.05) is 24.4 Å². The van der Waals surface area contributed by atoms with E-state index in [4.69, 9.17) is 0 Å². The van der Waals surface area contributed by atoms with Crippen molar-refractivity contribution in [2.75, 3.05) is 0 Å². The molecule has 2 aromatic heterocycles. The van der Waals surface area contributed by atoms with Gasteiger partial charge in [0.15, 0.2) is 5.78 Å². The van der Waals surface area contributed by atoms with Gasteiger partial charge in [-0.3, -0.25) is 14.8 Å². The maximum atomic E-state index is 12.4. The summed E-state index contributed by atoms with van der Waals surface area (Å²) in [6, 6.07) is 9.50. The van der Waals surface area contributed by atoms with Crippen molar-refractivity contribution < 1.29 is 4.79 Å². The summed E-state index contributed by atoms with van der Waals surface area (Å²) < 4.78 is 0. The lowest BCUT2D eigenvalue weighted by Gasteiger charge is -2.17. The van der Waals surface area contributed by atoms with Gasteiger partial charge in [-0.1, -0.05) is 38.7 Å². The summed E-state index contributed by atoms with van der Waals surface area (Å²) in [6.07, 6.45) is 9.28. The molecule has 2 aromatic rings. The molecule has 2 heterocycles. The van der Waals surface area contributed by atoms with Crippen molar-refractivity contribution in [2.45, 2.75) is 39.0 Å².